The van der Waals surface area contributed by atoms with E-state index in [1.165, 1.54) is 38.5 Å². The Balaban J connectivity index is 1.94. The molecule has 1 N–H and O–H groups in total. The molecule has 1 fully saturated rings. The van der Waals surface area contributed by atoms with Crippen molar-refractivity contribution in [3.05, 3.63) is 27.7 Å². The zero-order chi connectivity index (χ0) is 15.1. The van der Waals surface area contributed by atoms with E-state index in [4.69, 9.17) is 27.9 Å². The lowest BCUT2D eigenvalue weighted by Gasteiger charge is -2.17. The summed E-state index contributed by atoms with van der Waals surface area (Å²) in [5, 5.41) is 4.85. The predicted molar refractivity (Wildman–Crippen MR) is 90.6 cm³/mol. The van der Waals surface area contributed by atoms with Gasteiger partial charge in [0.15, 0.2) is 5.75 Å². The second kappa shape index (κ2) is 8.87. The molecule has 118 valence electrons. The Kier molecular flexibility index (Phi) is 7.15. The van der Waals surface area contributed by atoms with Crippen molar-refractivity contribution in [3.63, 3.8) is 0 Å². The van der Waals surface area contributed by atoms with Gasteiger partial charge in [-0.1, -0.05) is 55.8 Å². The maximum atomic E-state index is 6.28. The van der Waals surface area contributed by atoms with Gasteiger partial charge in [-0.05, 0) is 37.0 Å². The lowest BCUT2D eigenvalue weighted by molar-refractivity contribution is 0.317. The zero-order valence-electron chi connectivity index (χ0n) is 12.8. The molecule has 1 saturated carbocycles. The molecule has 0 aromatic heterocycles. The Morgan fingerprint density at radius 2 is 1.71 bits per heavy atom. The zero-order valence-corrected chi connectivity index (χ0v) is 14.3. The maximum absolute atomic E-state index is 6.28. The number of ether oxygens (including phenoxy) is 1. The summed E-state index contributed by atoms with van der Waals surface area (Å²) in [6.07, 6.45) is 8.92. The molecule has 0 atom stereocenters. The van der Waals surface area contributed by atoms with Gasteiger partial charge >= 0.3 is 0 Å². The Bertz CT molecular complexity index is 419. The van der Waals surface area contributed by atoms with Gasteiger partial charge < -0.3 is 10.1 Å². The van der Waals surface area contributed by atoms with Crippen molar-refractivity contribution in [2.75, 3.05) is 6.61 Å². The largest absolute Gasteiger partial charge is 0.490 e. The first-order valence-corrected chi connectivity index (χ1v) is 8.80. The van der Waals surface area contributed by atoms with E-state index in [0.29, 0.717) is 28.4 Å². The third kappa shape index (κ3) is 5.36. The monoisotopic (exact) mass is 329 g/mol. The van der Waals surface area contributed by atoms with Crippen molar-refractivity contribution < 1.29 is 4.74 Å². The van der Waals surface area contributed by atoms with Crippen LogP contribution in [-0.2, 0) is 6.54 Å². The SMILES string of the molecule is CCCOc1c(Cl)cc(CNC2CCCCCC2)cc1Cl. The quantitative estimate of drug-likeness (QED) is 0.686. The van der Waals surface area contributed by atoms with Gasteiger partial charge in [0.2, 0.25) is 0 Å². The lowest BCUT2D eigenvalue weighted by Crippen LogP contribution is -2.27. The molecule has 1 aliphatic rings. The number of hydrogen-bond donors (Lipinski definition) is 1. The molecule has 1 aromatic carbocycles. The van der Waals surface area contributed by atoms with Crippen LogP contribution in [0.1, 0.15) is 57.4 Å². The fourth-order valence-electron chi connectivity index (χ4n) is 2.80. The average Bonchev–Trinajstić information content (AvgIpc) is 2.73. The first-order valence-electron chi connectivity index (χ1n) is 8.04. The summed E-state index contributed by atoms with van der Waals surface area (Å²) in [6, 6.07) is 4.55. The van der Waals surface area contributed by atoms with Crippen LogP contribution in [0.3, 0.4) is 0 Å². The van der Waals surface area contributed by atoms with Gasteiger partial charge in [0.05, 0.1) is 16.7 Å². The fourth-order valence-corrected chi connectivity index (χ4v) is 3.44. The van der Waals surface area contributed by atoms with Gasteiger partial charge in [-0.25, -0.2) is 0 Å². The van der Waals surface area contributed by atoms with E-state index >= 15 is 0 Å². The molecule has 4 heteroatoms. The molecule has 0 unspecified atom stereocenters. The molecule has 0 aliphatic heterocycles. The van der Waals surface area contributed by atoms with Crippen LogP contribution in [0.25, 0.3) is 0 Å². The predicted octanol–water partition coefficient (Wildman–Crippen LogP) is 5.59. The molecule has 0 amide bonds. The molecule has 1 aliphatic carbocycles. The van der Waals surface area contributed by atoms with Crippen molar-refractivity contribution in [2.24, 2.45) is 0 Å². The molecule has 21 heavy (non-hydrogen) atoms. The van der Waals surface area contributed by atoms with Gasteiger partial charge in [0.1, 0.15) is 0 Å². The topological polar surface area (TPSA) is 21.3 Å². The molecule has 0 bridgehead atoms. The van der Waals surface area contributed by atoms with E-state index in [0.717, 1.165) is 18.5 Å². The van der Waals surface area contributed by atoms with E-state index in [1.54, 1.807) is 0 Å². The van der Waals surface area contributed by atoms with Crippen molar-refractivity contribution in [2.45, 2.75) is 64.5 Å². The normalized spacial score (nSPS) is 16.7. The van der Waals surface area contributed by atoms with Crippen LogP contribution in [0.15, 0.2) is 12.1 Å². The van der Waals surface area contributed by atoms with Crippen molar-refractivity contribution in [3.8, 4) is 5.75 Å². The number of halogens is 2. The molecule has 0 heterocycles. The van der Waals surface area contributed by atoms with Gasteiger partial charge in [-0.3, -0.25) is 0 Å². The minimum Gasteiger partial charge on any atom is -0.490 e. The molecular formula is C17H25Cl2NO. The molecule has 0 radical (unpaired) electrons. The fraction of sp³-hybridized carbons (Fsp3) is 0.647. The standard InChI is InChI=1S/C17H25Cl2NO/c1-2-9-21-17-15(18)10-13(11-16(17)19)12-20-14-7-5-3-4-6-8-14/h10-11,14,20H,2-9,12H2,1H3. The van der Waals surface area contributed by atoms with Crippen molar-refractivity contribution in [1.82, 2.24) is 5.32 Å². The van der Waals surface area contributed by atoms with Gasteiger partial charge in [-0.2, -0.15) is 0 Å². The van der Waals surface area contributed by atoms with Crippen LogP contribution in [0.2, 0.25) is 10.0 Å². The van der Waals surface area contributed by atoms with Crippen LogP contribution in [0, 0.1) is 0 Å². The van der Waals surface area contributed by atoms with Crippen LogP contribution >= 0.6 is 23.2 Å². The molecule has 2 nitrogen and oxygen atoms in total. The van der Waals surface area contributed by atoms with Gasteiger partial charge in [-0.15, -0.1) is 0 Å². The summed E-state index contributed by atoms with van der Waals surface area (Å²) < 4.78 is 5.60. The molecular weight excluding hydrogens is 305 g/mol. The molecule has 0 saturated heterocycles. The Labute approximate surface area is 138 Å². The highest BCUT2D eigenvalue weighted by atomic mass is 35.5. The number of rotatable bonds is 6. The second-order valence-electron chi connectivity index (χ2n) is 5.81. The van der Waals surface area contributed by atoms with Crippen molar-refractivity contribution in [1.29, 1.82) is 0 Å². The summed E-state index contributed by atoms with van der Waals surface area (Å²) in [5.41, 5.74) is 1.12. The van der Waals surface area contributed by atoms with Crippen LogP contribution < -0.4 is 10.1 Å². The Hall–Kier alpha value is -0.440. The third-order valence-electron chi connectivity index (χ3n) is 3.96. The highest BCUT2D eigenvalue weighted by Gasteiger charge is 2.13. The van der Waals surface area contributed by atoms with Crippen LogP contribution in [-0.4, -0.2) is 12.6 Å². The van der Waals surface area contributed by atoms with Gasteiger partial charge in [0.25, 0.3) is 0 Å². The average molecular weight is 330 g/mol. The van der Waals surface area contributed by atoms with Crippen LogP contribution in [0.5, 0.6) is 5.75 Å². The lowest BCUT2D eigenvalue weighted by atomic mass is 10.1. The van der Waals surface area contributed by atoms with Crippen LogP contribution in [0.4, 0.5) is 0 Å². The highest BCUT2D eigenvalue weighted by Crippen LogP contribution is 2.34. The minimum atomic E-state index is 0.605. The number of benzene rings is 1. The Morgan fingerprint density at radius 1 is 1.10 bits per heavy atom. The summed E-state index contributed by atoms with van der Waals surface area (Å²) in [4.78, 5) is 0. The Morgan fingerprint density at radius 3 is 2.29 bits per heavy atom. The molecule has 2 rings (SSSR count). The summed E-state index contributed by atoms with van der Waals surface area (Å²) >= 11 is 12.6. The van der Waals surface area contributed by atoms with E-state index in [9.17, 15) is 0 Å². The summed E-state index contributed by atoms with van der Waals surface area (Å²) in [5.74, 6) is 0.610. The molecule has 1 aromatic rings. The smallest absolute Gasteiger partial charge is 0.156 e. The number of hydrogen-bond acceptors (Lipinski definition) is 2. The second-order valence-corrected chi connectivity index (χ2v) is 6.62. The summed E-state index contributed by atoms with van der Waals surface area (Å²) in [7, 11) is 0. The first-order chi connectivity index (χ1) is 10.2. The highest BCUT2D eigenvalue weighted by molar-refractivity contribution is 6.37. The minimum absolute atomic E-state index is 0.605. The number of nitrogens with one attached hydrogen (secondary N) is 1. The maximum Gasteiger partial charge on any atom is 0.156 e. The van der Waals surface area contributed by atoms with E-state index in [-0.39, 0.29) is 0 Å². The summed E-state index contributed by atoms with van der Waals surface area (Å²) in [6.45, 7) is 3.52. The first kappa shape index (κ1) is 16.9. The van der Waals surface area contributed by atoms with E-state index in [1.807, 2.05) is 12.1 Å². The molecule has 0 spiro atoms. The van der Waals surface area contributed by atoms with Gasteiger partial charge in [0, 0.05) is 12.6 Å². The third-order valence-corrected chi connectivity index (χ3v) is 4.52. The van der Waals surface area contributed by atoms with E-state index < -0.39 is 0 Å². The van der Waals surface area contributed by atoms with E-state index in [2.05, 4.69) is 12.2 Å². The van der Waals surface area contributed by atoms with Crippen molar-refractivity contribution >= 4 is 23.2 Å².